The van der Waals surface area contributed by atoms with Gasteiger partial charge in [0.25, 0.3) is 0 Å². The molecule has 2 aromatic rings. The summed E-state index contributed by atoms with van der Waals surface area (Å²) in [5.74, 6) is 0.174. The molecule has 0 amide bonds. The van der Waals surface area contributed by atoms with Crippen LogP contribution in [0.25, 0.3) is 11.6 Å². The lowest BCUT2D eigenvalue weighted by Gasteiger charge is -2.04. The van der Waals surface area contributed by atoms with E-state index in [2.05, 4.69) is 12.1 Å². The first-order chi connectivity index (χ1) is 9.75. The number of carbonyl (C=O) groups excluding carboxylic acids is 1. The molecule has 0 saturated carbocycles. The van der Waals surface area contributed by atoms with Crippen LogP contribution in [-0.2, 0) is 4.79 Å². The third kappa shape index (κ3) is 4.36. The first kappa shape index (κ1) is 14.0. The highest BCUT2D eigenvalue weighted by Gasteiger charge is 2.02. The SMILES string of the molecule is CC(=O)CC(=CC=Cc1ccccc1)c1ccccc1. The van der Waals surface area contributed by atoms with Gasteiger partial charge in [-0.2, -0.15) is 0 Å². The quantitative estimate of drug-likeness (QED) is 0.710. The Labute approximate surface area is 120 Å². The summed E-state index contributed by atoms with van der Waals surface area (Å²) in [6.07, 6.45) is 6.52. The lowest BCUT2D eigenvalue weighted by molar-refractivity contribution is -0.116. The molecule has 2 aromatic carbocycles. The van der Waals surface area contributed by atoms with E-state index in [-0.39, 0.29) is 5.78 Å². The predicted octanol–water partition coefficient (Wildman–Crippen LogP) is 4.76. The van der Waals surface area contributed by atoms with Gasteiger partial charge in [-0.3, -0.25) is 4.79 Å². The Morgan fingerprint density at radius 3 is 2.15 bits per heavy atom. The molecular weight excluding hydrogens is 244 g/mol. The summed E-state index contributed by atoms with van der Waals surface area (Å²) in [7, 11) is 0. The standard InChI is InChI=1S/C19H18O/c1-16(20)15-19(18-12-6-3-7-13-18)14-8-11-17-9-4-2-5-10-17/h2-14H,15H2,1H3. The van der Waals surface area contributed by atoms with Crippen LogP contribution in [0.4, 0.5) is 0 Å². The van der Waals surface area contributed by atoms with Gasteiger partial charge in [0.2, 0.25) is 0 Å². The molecule has 0 bridgehead atoms. The number of benzene rings is 2. The minimum Gasteiger partial charge on any atom is -0.300 e. The molecule has 20 heavy (non-hydrogen) atoms. The third-order valence-corrected chi connectivity index (χ3v) is 2.97. The molecular formula is C19H18O. The number of rotatable bonds is 5. The average Bonchev–Trinajstić information content (AvgIpc) is 2.48. The normalized spacial score (nSPS) is 11.8. The summed E-state index contributed by atoms with van der Waals surface area (Å²) in [4.78, 5) is 11.4. The van der Waals surface area contributed by atoms with Crippen LogP contribution in [0.3, 0.4) is 0 Å². The number of hydrogen-bond donors (Lipinski definition) is 0. The van der Waals surface area contributed by atoms with Crippen molar-refractivity contribution in [1.82, 2.24) is 0 Å². The number of carbonyl (C=O) groups is 1. The summed E-state index contributed by atoms with van der Waals surface area (Å²) in [6, 6.07) is 20.2. The Kier molecular flexibility index (Phi) is 5.08. The Balaban J connectivity index is 2.21. The van der Waals surface area contributed by atoms with Crippen molar-refractivity contribution in [2.24, 2.45) is 0 Å². The molecule has 0 aromatic heterocycles. The van der Waals surface area contributed by atoms with E-state index in [1.807, 2.05) is 66.8 Å². The first-order valence-corrected chi connectivity index (χ1v) is 6.73. The summed E-state index contributed by atoms with van der Waals surface area (Å²) < 4.78 is 0. The Bertz CT molecular complexity index is 607. The largest absolute Gasteiger partial charge is 0.300 e. The maximum absolute atomic E-state index is 11.4. The lowest BCUT2D eigenvalue weighted by Crippen LogP contribution is -1.93. The monoisotopic (exact) mass is 262 g/mol. The smallest absolute Gasteiger partial charge is 0.134 e. The summed E-state index contributed by atoms with van der Waals surface area (Å²) in [5, 5.41) is 0. The van der Waals surface area contributed by atoms with E-state index in [9.17, 15) is 4.79 Å². The van der Waals surface area contributed by atoms with Gasteiger partial charge in [0.05, 0.1) is 0 Å². The van der Waals surface area contributed by atoms with Crippen molar-refractivity contribution in [1.29, 1.82) is 0 Å². The van der Waals surface area contributed by atoms with Crippen molar-refractivity contribution in [3.63, 3.8) is 0 Å². The highest BCUT2D eigenvalue weighted by Crippen LogP contribution is 2.18. The van der Waals surface area contributed by atoms with Gasteiger partial charge >= 0.3 is 0 Å². The van der Waals surface area contributed by atoms with Gasteiger partial charge in [0.1, 0.15) is 5.78 Å². The van der Waals surface area contributed by atoms with Crippen LogP contribution in [0.2, 0.25) is 0 Å². The van der Waals surface area contributed by atoms with E-state index in [4.69, 9.17) is 0 Å². The minimum atomic E-state index is 0.174. The van der Waals surface area contributed by atoms with Crippen molar-refractivity contribution in [2.75, 3.05) is 0 Å². The predicted molar refractivity (Wildman–Crippen MR) is 85.2 cm³/mol. The van der Waals surface area contributed by atoms with Crippen molar-refractivity contribution >= 4 is 17.4 Å². The van der Waals surface area contributed by atoms with Crippen LogP contribution < -0.4 is 0 Å². The van der Waals surface area contributed by atoms with E-state index in [1.165, 1.54) is 0 Å². The Morgan fingerprint density at radius 2 is 1.55 bits per heavy atom. The van der Waals surface area contributed by atoms with Crippen LogP contribution in [0.5, 0.6) is 0 Å². The second-order valence-corrected chi connectivity index (χ2v) is 4.71. The molecule has 0 fully saturated rings. The second kappa shape index (κ2) is 7.25. The molecule has 0 saturated heterocycles. The highest BCUT2D eigenvalue weighted by molar-refractivity contribution is 5.89. The van der Waals surface area contributed by atoms with Crippen LogP contribution >= 0.6 is 0 Å². The molecule has 100 valence electrons. The van der Waals surface area contributed by atoms with Crippen LogP contribution in [0.15, 0.2) is 72.8 Å². The van der Waals surface area contributed by atoms with E-state index in [0.717, 1.165) is 16.7 Å². The van der Waals surface area contributed by atoms with Gasteiger partial charge in [-0.05, 0) is 23.6 Å². The molecule has 0 radical (unpaired) electrons. The van der Waals surface area contributed by atoms with Gasteiger partial charge in [0, 0.05) is 6.42 Å². The summed E-state index contributed by atoms with van der Waals surface area (Å²) >= 11 is 0. The minimum absolute atomic E-state index is 0.174. The molecule has 1 heteroatoms. The Morgan fingerprint density at radius 1 is 0.950 bits per heavy atom. The molecule has 0 aliphatic heterocycles. The van der Waals surface area contributed by atoms with E-state index < -0.39 is 0 Å². The van der Waals surface area contributed by atoms with E-state index in [0.29, 0.717) is 6.42 Å². The Hall–Kier alpha value is -2.41. The van der Waals surface area contributed by atoms with Crippen molar-refractivity contribution in [2.45, 2.75) is 13.3 Å². The second-order valence-electron chi connectivity index (χ2n) is 4.71. The number of allylic oxidation sites excluding steroid dienone is 3. The molecule has 1 nitrogen and oxygen atoms in total. The van der Waals surface area contributed by atoms with Gasteiger partial charge < -0.3 is 0 Å². The van der Waals surface area contributed by atoms with Crippen LogP contribution in [0, 0.1) is 0 Å². The molecule has 0 unspecified atom stereocenters. The topological polar surface area (TPSA) is 17.1 Å². The summed E-state index contributed by atoms with van der Waals surface area (Å²) in [5.41, 5.74) is 3.30. The molecule has 2 rings (SSSR count). The highest BCUT2D eigenvalue weighted by atomic mass is 16.1. The number of hydrogen-bond acceptors (Lipinski definition) is 1. The van der Waals surface area contributed by atoms with Crippen LogP contribution in [-0.4, -0.2) is 5.78 Å². The maximum atomic E-state index is 11.4. The zero-order valence-electron chi connectivity index (χ0n) is 11.6. The zero-order chi connectivity index (χ0) is 14.2. The first-order valence-electron chi connectivity index (χ1n) is 6.73. The van der Waals surface area contributed by atoms with Gasteiger partial charge in [0.15, 0.2) is 0 Å². The lowest BCUT2D eigenvalue weighted by atomic mass is 10.0. The number of ketones is 1. The maximum Gasteiger partial charge on any atom is 0.134 e. The van der Waals surface area contributed by atoms with Crippen molar-refractivity contribution in [3.8, 4) is 0 Å². The number of Topliss-reactive ketones (excluding diaryl/α,β-unsaturated/α-hetero) is 1. The fraction of sp³-hybridized carbons (Fsp3) is 0.105. The van der Waals surface area contributed by atoms with Gasteiger partial charge in [-0.1, -0.05) is 78.9 Å². The molecule has 0 aliphatic rings. The zero-order valence-corrected chi connectivity index (χ0v) is 11.6. The molecule has 0 atom stereocenters. The average molecular weight is 262 g/mol. The molecule has 0 spiro atoms. The molecule has 0 aliphatic carbocycles. The summed E-state index contributed by atoms with van der Waals surface area (Å²) in [6.45, 7) is 1.62. The van der Waals surface area contributed by atoms with Crippen molar-refractivity contribution in [3.05, 3.63) is 83.9 Å². The van der Waals surface area contributed by atoms with E-state index >= 15 is 0 Å². The fourth-order valence-electron chi connectivity index (χ4n) is 2.02. The van der Waals surface area contributed by atoms with Crippen LogP contribution in [0.1, 0.15) is 24.5 Å². The van der Waals surface area contributed by atoms with Crippen molar-refractivity contribution < 1.29 is 4.79 Å². The van der Waals surface area contributed by atoms with Gasteiger partial charge in [-0.15, -0.1) is 0 Å². The van der Waals surface area contributed by atoms with Gasteiger partial charge in [-0.25, -0.2) is 0 Å². The third-order valence-electron chi connectivity index (χ3n) is 2.97. The molecule has 0 N–H and O–H groups in total. The molecule has 0 heterocycles. The van der Waals surface area contributed by atoms with E-state index in [1.54, 1.807) is 6.92 Å². The fourth-order valence-corrected chi connectivity index (χ4v) is 2.02.